The van der Waals surface area contributed by atoms with E-state index in [1.54, 1.807) is 0 Å². The van der Waals surface area contributed by atoms with Crippen LogP contribution < -0.4 is 0 Å². The molecule has 1 unspecified atom stereocenters. The van der Waals surface area contributed by atoms with E-state index >= 15 is 0 Å². The van der Waals surface area contributed by atoms with Crippen molar-refractivity contribution < 1.29 is 4.79 Å². The average Bonchev–Trinajstić information content (AvgIpc) is 3.18. The first-order chi connectivity index (χ1) is 12.4. The molecular formula is C21H34N4O. The third-order valence-corrected chi connectivity index (χ3v) is 7.28. The molecule has 1 aromatic rings. The van der Waals surface area contributed by atoms with Crippen LogP contribution in [0.25, 0.3) is 0 Å². The molecule has 26 heavy (non-hydrogen) atoms. The summed E-state index contributed by atoms with van der Waals surface area (Å²) in [5.41, 5.74) is 0.117. The fourth-order valence-corrected chi connectivity index (χ4v) is 5.61. The second-order valence-electron chi connectivity index (χ2n) is 9.81. The third kappa shape index (κ3) is 2.97. The summed E-state index contributed by atoms with van der Waals surface area (Å²) in [4.78, 5) is 15.6. The fourth-order valence-electron chi connectivity index (χ4n) is 5.61. The topological polar surface area (TPSA) is 51.0 Å². The van der Waals surface area contributed by atoms with Gasteiger partial charge >= 0.3 is 0 Å². The van der Waals surface area contributed by atoms with Crippen molar-refractivity contribution in [3.8, 4) is 0 Å². The predicted molar refractivity (Wildman–Crippen MR) is 102 cm³/mol. The van der Waals surface area contributed by atoms with Crippen molar-refractivity contribution in [1.29, 1.82) is 0 Å². The minimum Gasteiger partial charge on any atom is -0.341 e. The van der Waals surface area contributed by atoms with E-state index in [0.717, 1.165) is 38.3 Å². The molecule has 1 aliphatic heterocycles. The number of rotatable bonds is 4. The van der Waals surface area contributed by atoms with Crippen molar-refractivity contribution >= 4 is 5.91 Å². The standard InChI is InChI=1S/C21H34N4O/c1-16(2)12-25-15-22-23-18(25)17-13-24(14-21(17)10-7-11-21)19(26)20(3)8-5-4-6-9-20/h15-17H,4-14H2,1-3H3. The number of amides is 1. The molecule has 1 atom stereocenters. The maximum Gasteiger partial charge on any atom is 0.228 e. The summed E-state index contributed by atoms with van der Waals surface area (Å²) in [6.45, 7) is 9.40. The van der Waals surface area contributed by atoms with Crippen LogP contribution in [-0.2, 0) is 11.3 Å². The van der Waals surface area contributed by atoms with E-state index in [2.05, 4.69) is 40.4 Å². The maximum absolute atomic E-state index is 13.4. The van der Waals surface area contributed by atoms with Crippen molar-refractivity contribution in [3.63, 3.8) is 0 Å². The van der Waals surface area contributed by atoms with Crippen LogP contribution in [0.3, 0.4) is 0 Å². The van der Waals surface area contributed by atoms with Gasteiger partial charge in [-0.2, -0.15) is 0 Å². The molecule has 2 heterocycles. The van der Waals surface area contributed by atoms with E-state index in [4.69, 9.17) is 0 Å². The quantitative estimate of drug-likeness (QED) is 0.817. The number of hydrogen-bond donors (Lipinski definition) is 0. The van der Waals surface area contributed by atoms with Gasteiger partial charge in [0.15, 0.2) is 0 Å². The van der Waals surface area contributed by atoms with Crippen LogP contribution >= 0.6 is 0 Å². The highest BCUT2D eigenvalue weighted by Gasteiger charge is 2.55. The lowest BCUT2D eigenvalue weighted by molar-refractivity contribution is -0.142. The van der Waals surface area contributed by atoms with Gasteiger partial charge in [-0.1, -0.05) is 46.5 Å². The Morgan fingerprint density at radius 3 is 2.54 bits per heavy atom. The molecule has 2 saturated carbocycles. The Kier molecular flexibility index (Phi) is 4.60. The van der Waals surface area contributed by atoms with Crippen molar-refractivity contribution in [3.05, 3.63) is 12.2 Å². The highest BCUT2D eigenvalue weighted by atomic mass is 16.2. The summed E-state index contributed by atoms with van der Waals surface area (Å²) >= 11 is 0. The van der Waals surface area contributed by atoms with Crippen LogP contribution in [0.1, 0.15) is 83.9 Å². The van der Waals surface area contributed by atoms with Gasteiger partial charge in [0.25, 0.3) is 0 Å². The van der Waals surface area contributed by atoms with Crippen molar-refractivity contribution in [2.24, 2.45) is 16.7 Å². The van der Waals surface area contributed by atoms with Crippen LogP contribution in [0, 0.1) is 16.7 Å². The Bertz CT molecular complexity index is 655. The normalized spacial score (nSPS) is 27.1. The Hall–Kier alpha value is -1.39. The van der Waals surface area contributed by atoms with Gasteiger partial charge in [-0.3, -0.25) is 4.79 Å². The van der Waals surface area contributed by atoms with Crippen LogP contribution in [-0.4, -0.2) is 38.7 Å². The molecule has 4 rings (SSSR count). The van der Waals surface area contributed by atoms with Crippen molar-refractivity contribution in [1.82, 2.24) is 19.7 Å². The van der Waals surface area contributed by atoms with Crippen LogP contribution in [0.2, 0.25) is 0 Å². The van der Waals surface area contributed by atoms with Crippen LogP contribution in [0.4, 0.5) is 0 Å². The molecule has 5 heteroatoms. The number of likely N-dealkylation sites (tertiary alicyclic amines) is 1. The van der Waals surface area contributed by atoms with Gasteiger partial charge in [-0.15, -0.1) is 10.2 Å². The molecular weight excluding hydrogens is 324 g/mol. The number of nitrogens with zero attached hydrogens (tertiary/aromatic N) is 4. The molecule has 3 fully saturated rings. The zero-order chi connectivity index (χ0) is 18.4. The van der Waals surface area contributed by atoms with Gasteiger partial charge in [0.2, 0.25) is 5.91 Å². The van der Waals surface area contributed by atoms with Gasteiger partial charge in [-0.25, -0.2) is 0 Å². The Labute approximate surface area is 157 Å². The lowest BCUT2D eigenvalue weighted by Crippen LogP contribution is -2.44. The molecule has 1 saturated heterocycles. The van der Waals surface area contributed by atoms with E-state index < -0.39 is 0 Å². The Morgan fingerprint density at radius 2 is 1.92 bits per heavy atom. The van der Waals surface area contributed by atoms with E-state index in [1.807, 2.05) is 6.33 Å². The van der Waals surface area contributed by atoms with Crippen LogP contribution in [0.5, 0.6) is 0 Å². The van der Waals surface area contributed by atoms with E-state index in [-0.39, 0.29) is 10.8 Å². The van der Waals surface area contributed by atoms with Crippen molar-refractivity contribution in [2.45, 2.75) is 84.6 Å². The summed E-state index contributed by atoms with van der Waals surface area (Å²) in [5.74, 6) is 2.44. The number of carbonyl (C=O) groups is 1. The lowest BCUT2D eigenvalue weighted by atomic mass is 9.62. The summed E-state index contributed by atoms with van der Waals surface area (Å²) in [7, 11) is 0. The highest BCUT2D eigenvalue weighted by molar-refractivity contribution is 5.83. The molecule has 0 aromatic carbocycles. The summed E-state index contributed by atoms with van der Waals surface area (Å²) in [6, 6.07) is 0. The number of aromatic nitrogens is 3. The summed E-state index contributed by atoms with van der Waals surface area (Å²) < 4.78 is 2.24. The average molecular weight is 359 g/mol. The van der Waals surface area contributed by atoms with Gasteiger partial charge in [0.1, 0.15) is 12.2 Å². The molecule has 1 amide bonds. The first kappa shape index (κ1) is 18.0. The summed E-state index contributed by atoms with van der Waals surface area (Å²) in [5, 5.41) is 8.75. The lowest BCUT2D eigenvalue weighted by Gasteiger charge is -2.42. The third-order valence-electron chi connectivity index (χ3n) is 7.28. The number of hydrogen-bond acceptors (Lipinski definition) is 3. The minimum absolute atomic E-state index is 0.135. The van der Waals surface area contributed by atoms with Gasteiger partial charge in [0.05, 0.1) is 0 Å². The second-order valence-corrected chi connectivity index (χ2v) is 9.81. The predicted octanol–water partition coefficient (Wildman–Crippen LogP) is 4.00. The maximum atomic E-state index is 13.4. The molecule has 0 N–H and O–H groups in total. The second kappa shape index (κ2) is 6.65. The highest BCUT2D eigenvalue weighted by Crippen LogP contribution is 2.56. The van der Waals surface area contributed by atoms with Gasteiger partial charge in [-0.05, 0) is 37.0 Å². The molecule has 1 aromatic heterocycles. The van der Waals surface area contributed by atoms with E-state index in [1.165, 1.54) is 38.5 Å². The monoisotopic (exact) mass is 358 g/mol. The first-order valence-corrected chi connectivity index (χ1v) is 10.6. The van der Waals surface area contributed by atoms with Gasteiger partial charge in [0, 0.05) is 31.0 Å². The zero-order valence-corrected chi connectivity index (χ0v) is 16.7. The smallest absolute Gasteiger partial charge is 0.228 e. The zero-order valence-electron chi connectivity index (χ0n) is 16.7. The first-order valence-electron chi connectivity index (χ1n) is 10.6. The van der Waals surface area contributed by atoms with E-state index in [9.17, 15) is 4.79 Å². The van der Waals surface area contributed by atoms with Gasteiger partial charge < -0.3 is 9.47 Å². The number of carbonyl (C=O) groups excluding carboxylic acids is 1. The van der Waals surface area contributed by atoms with Crippen LogP contribution in [0.15, 0.2) is 6.33 Å². The largest absolute Gasteiger partial charge is 0.341 e. The molecule has 3 aliphatic rings. The summed E-state index contributed by atoms with van der Waals surface area (Å²) in [6.07, 6.45) is 11.4. The molecule has 144 valence electrons. The Balaban J connectivity index is 1.57. The SMILES string of the molecule is CC(C)Cn1cnnc1C1CN(C(=O)C2(C)CCCCC2)CC12CCC2. The Morgan fingerprint density at radius 1 is 1.19 bits per heavy atom. The van der Waals surface area contributed by atoms with E-state index in [0.29, 0.717) is 17.7 Å². The molecule has 0 radical (unpaired) electrons. The van der Waals surface area contributed by atoms with Crippen molar-refractivity contribution in [2.75, 3.05) is 13.1 Å². The minimum atomic E-state index is -0.135. The molecule has 2 aliphatic carbocycles. The molecule has 1 spiro atoms. The fraction of sp³-hybridized carbons (Fsp3) is 0.857. The molecule has 5 nitrogen and oxygen atoms in total. The molecule has 0 bridgehead atoms.